The van der Waals surface area contributed by atoms with Gasteiger partial charge in [0.2, 0.25) is 0 Å². The molecule has 0 bridgehead atoms. The van der Waals surface area contributed by atoms with Crippen molar-refractivity contribution in [3.05, 3.63) is 29.8 Å². The maximum Gasteiger partial charge on any atom is 0.0991 e. The highest BCUT2D eigenvalue weighted by Crippen LogP contribution is 2.11. The van der Waals surface area contributed by atoms with Gasteiger partial charge in [-0.25, -0.2) is 0 Å². The van der Waals surface area contributed by atoms with Crippen LogP contribution in [0.1, 0.15) is 12.5 Å². The number of nitriles is 1. The molecule has 2 nitrogen and oxygen atoms in total. The summed E-state index contributed by atoms with van der Waals surface area (Å²) in [6.07, 6.45) is 0. The van der Waals surface area contributed by atoms with Crippen LogP contribution in [0.2, 0.25) is 0 Å². The Morgan fingerprint density at radius 1 is 1.42 bits per heavy atom. The molecule has 0 saturated heterocycles. The zero-order valence-corrected chi connectivity index (χ0v) is 8.30. The van der Waals surface area contributed by atoms with Crippen molar-refractivity contribution < 1.29 is 0 Å². The van der Waals surface area contributed by atoms with E-state index < -0.39 is 0 Å². The minimum atomic E-state index is 0.241. The summed E-state index contributed by atoms with van der Waals surface area (Å²) in [5.41, 5.74) is 1.70. The number of alkyl halides is 1. The van der Waals surface area contributed by atoms with Gasteiger partial charge in [0.15, 0.2) is 0 Å². The number of hydrogen-bond acceptors (Lipinski definition) is 2. The Morgan fingerprint density at radius 3 is 2.42 bits per heavy atom. The third kappa shape index (κ3) is 2.55. The highest BCUT2D eigenvalue weighted by Gasteiger charge is 1.95. The summed E-state index contributed by atoms with van der Waals surface area (Å²) in [7, 11) is 0. The first kappa shape index (κ1) is 9.08. The highest BCUT2D eigenvalue weighted by molar-refractivity contribution is 9.09. The Kier molecular flexibility index (Phi) is 3.12. The Balaban J connectivity index is 2.73. The molecule has 0 saturated carbocycles. The van der Waals surface area contributed by atoms with E-state index in [2.05, 4.69) is 27.3 Å². The quantitative estimate of drug-likeness (QED) is 0.620. The van der Waals surface area contributed by atoms with Gasteiger partial charge in [-0.05, 0) is 31.2 Å². The zero-order valence-electron chi connectivity index (χ0n) is 6.71. The van der Waals surface area contributed by atoms with E-state index in [-0.39, 0.29) is 4.95 Å². The molecule has 62 valence electrons. The van der Waals surface area contributed by atoms with E-state index in [1.165, 1.54) is 0 Å². The molecule has 0 radical (unpaired) electrons. The second-order valence-corrected chi connectivity index (χ2v) is 3.82. The summed E-state index contributed by atoms with van der Waals surface area (Å²) >= 11 is 3.37. The summed E-state index contributed by atoms with van der Waals surface area (Å²) in [6.45, 7) is 2.00. The summed E-state index contributed by atoms with van der Waals surface area (Å²) < 4.78 is 0. The molecule has 1 N–H and O–H groups in total. The van der Waals surface area contributed by atoms with Crippen molar-refractivity contribution in [3.63, 3.8) is 0 Å². The minimum absolute atomic E-state index is 0.241. The fraction of sp³-hybridized carbons (Fsp3) is 0.222. The van der Waals surface area contributed by atoms with Gasteiger partial charge in [-0.2, -0.15) is 5.26 Å². The van der Waals surface area contributed by atoms with Gasteiger partial charge in [-0.3, -0.25) is 0 Å². The fourth-order valence-corrected chi connectivity index (χ4v) is 1.13. The summed E-state index contributed by atoms with van der Waals surface area (Å²) in [4.78, 5) is 0.241. The molecule has 0 aliphatic rings. The molecular formula is C9H9BrN2. The molecule has 0 aromatic heterocycles. The summed E-state index contributed by atoms with van der Waals surface area (Å²) in [6, 6.07) is 9.42. The molecule has 0 fully saturated rings. The van der Waals surface area contributed by atoms with Gasteiger partial charge in [0.1, 0.15) is 0 Å². The molecule has 12 heavy (non-hydrogen) atoms. The number of hydrogen-bond donors (Lipinski definition) is 1. The fourth-order valence-electron chi connectivity index (χ4n) is 0.871. The number of nitrogens with one attached hydrogen (secondary N) is 1. The predicted octanol–water partition coefficient (Wildman–Crippen LogP) is 2.71. The molecule has 0 aliphatic heterocycles. The minimum Gasteiger partial charge on any atom is -0.373 e. The maximum absolute atomic E-state index is 8.53. The number of anilines is 1. The van der Waals surface area contributed by atoms with E-state index in [1.54, 1.807) is 12.1 Å². The Morgan fingerprint density at radius 2 is 2.00 bits per heavy atom. The van der Waals surface area contributed by atoms with Crippen LogP contribution in [0.25, 0.3) is 0 Å². The van der Waals surface area contributed by atoms with Crippen LogP contribution in [0.5, 0.6) is 0 Å². The summed E-state index contributed by atoms with van der Waals surface area (Å²) in [5, 5.41) is 11.7. The smallest absolute Gasteiger partial charge is 0.0991 e. The van der Waals surface area contributed by atoms with Crippen molar-refractivity contribution in [3.8, 4) is 6.07 Å². The Hall–Kier alpha value is -1.01. The largest absolute Gasteiger partial charge is 0.373 e. The van der Waals surface area contributed by atoms with E-state index in [9.17, 15) is 0 Å². The van der Waals surface area contributed by atoms with Gasteiger partial charge >= 0.3 is 0 Å². The van der Waals surface area contributed by atoms with E-state index in [0.717, 1.165) is 5.69 Å². The van der Waals surface area contributed by atoms with Crippen molar-refractivity contribution in [2.75, 3.05) is 5.32 Å². The van der Waals surface area contributed by atoms with Crippen LogP contribution in [0.4, 0.5) is 5.69 Å². The summed E-state index contributed by atoms with van der Waals surface area (Å²) in [5.74, 6) is 0. The lowest BCUT2D eigenvalue weighted by Gasteiger charge is -2.07. The molecule has 1 unspecified atom stereocenters. The van der Waals surface area contributed by atoms with E-state index in [0.29, 0.717) is 5.56 Å². The molecule has 1 aromatic rings. The molecule has 1 rings (SSSR count). The van der Waals surface area contributed by atoms with E-state index in [4.69, 9.17) is 5.26 Å². The lowest BCUT2D eigenvalue weighted by atomic mass is 10.2. The van der Waals surface area contributed by atoms with Crippen molar-refractivity contribution >= 4 is 21.6 Å². The topological polar surface area (TPSA) is 35.8 Å². The van der Waals surface area contributed by atoms with Gasteiger partial charge in [0.25, 0.3) is 0 Å². The zero-order chi connectivity index (χ0) is 8.97. The lowest BCUT2D eigenvalue weighted by molar-refractivity contribution is 1.15. The van der Waals surface area contributed by atoms with Crippen LogP contribution in [-0.2, 0) is 0 Å². The first-order valence-electron chi connectivity index (χ1n) is 3.63. The van der Waals surface area contributed by atoms with Gasteiger partial charge in [0.05, 0.1) is 16.6 Å². The van der Waals surface area contributed by atoms with E-state index in [1.807, 2.05) is 19.1 Å². The number of nitrogens with zero attached hydrogens (tertiary/aromatic N) is 1. The van der Waals surface area contributed by atoms with Crippen LogP contribution in [0.15, 0.2) is 24.3 Å². The van der Waals surface area contributed by atoms with Gasteiger partial charge < -0.3 is 5.32 Å². The van der Waals surface area contributed by atoms with Gasteiger partial charge in [-0.1, -0.05) is 15.9 Å². The lowest BCUT2D eigenvalue weighted by Crippen LogP contribution is -2.05. The number of halogens is 1. The highest BCUT2D eigenvalue weighted by atomic mass is 79.9. The molecule has 3 heteroatoms. The Labute approximate surface area is 80.3 Å². The molecule has 1 atom stereocenters. The van der Waals surface area contributed by atoms with Crippen LogP contribution >= 0.6 is 15.9 Å². The molecule has 0 aliphatic carbocycles. The molecule has 0 spiro atoms. The van der Waals surface area contributed by atoms with Crippen molar-refractivity contribution in [2.24, 2.45) is 0 Å². The van der Waals surface area contributed by atoms with Crippen molar-refractivity contribution in [2.45, 2.75) is 11.9 Å². The Bertz CT molecular complexity index is 284. The van der Waals surface area contributed by atoms with Gasteiger partial charge in [0, 0.05) is 5.69 Å². The first-order chi connectivity index (χ1) is 5.72. The molecular weight excluding hydrogens is 216 g/mol. The normalized spacial score (nSPS) is 11.8. The van der Waals surface area contributed by atoms with Crippen LogP contribution < -0.4 is 5.32 Å². The standard InChI is InChI=1S/C9H9BrN2/c1-7(10)12-9-4-2-8(6-11)3-5-9/h2-5,7,12H,1H3. The van der Waals surface area contributed by atoms with Crippen molar-refractivity contribution in [1.29, 1.82) is 5.26 Å². The average Bonchev–Trinajstić information content (AvgIpc) is 2.05. The monoisotopic (exact) mass is 224 g/mol. The SMILES string of the molecule is CC(Br)Nc1ccc(C#N)cc1. The number of benzene rings is 1. The van der Waals surface area contributed by atoms with Gasteiger partial charge in [-0.15, -0.1) is 0 Å². The third-order valence-corrected chi connectivity index (χ3v) is 1.61. The second kappa shape index (κ2) is 4.13. The van der Waals surface area contributed by atoms with Crippen molar-refractivity contribution in [1.82, 2.24) is 0 Å². The average molecular weight is 225 g/mol. The molecule has 0 heterocycles. The van der Waals surface area contributed by atoms with Crippen LogP contribution in [0.3, 0.4) is 0 Å². The molecule has 0 amide bonds. The van der Waals surface area contributed by atoms with Crippen LogP contribution in [0, 0.1) is 11.3 Å². The third-order valence-electron chi connectivity index (χ3n) is 1.38. The first-order valence-corrected chi connectivity index (χ1v) is 4.54. The predicted molar refractivity (Wildman–Crippen MR) is 53.2 cm³/mol. The maximum atomic E-state index is 8.53. The van der Waals surface area contributed by atoms with E-state index >= 15 is 0 Å². The van der Waals surface area contributed by atoms with Crippen LogP contribution in [-0.4, -0.2) is 4.95 Å². The molecule has 1 aromatic carbocycles. The number of rotatable bonds is 2. The second-order valence-electron chi connectivity index (χ2n) is 2.45.